The van der Waals surface area contributed by atoms with Crippen molar-refractivity contribution >= 4 is 5.97 Å². The van der Waals surface area contributed by atoms with Gasteiger partial charge in [-0.1, -0.05) is 6.92 Å². The van der Waals surface area contributed by atoms with E-state index in [2.05, 4.69) is 5.10 Å². The third-order valence-electron chi connectivity index (χ3n) is 3.13. The molecule has 2 aromatic rings. The molecular formula is C15H17FN2O3. The molecule has 5 nitrogen and oxygen atoms in total. The zero-order chi connectivity index (χ0) is 15.4. The maximum Gasteiger partial charge on any atom is 0.339 e. The summed E-state index contributed by atoms with van der Waals surface area (Å²) >= 11 is 0. The van der Waals surface area contributed by atoms with Crippen LogP contribution in [0.4, 0.5) is 4.39 Å². The zero-order valence-electron chi connectivity index (χ0n) is 12.0. The Morgan fingerprint density at radius 3 is 2.76 bits per heavy atom. The molecule has 0 radical (unpaired) electrons. The molecule has 1 aromatic heterocycles. The summed E-state index contributed by atoms with van der Waals surface area (Å²) in [5, 5.41) is 13.5. The monoisotopic (exact) mass is 292 g/mol. The average Bonchev–Trinajstić information content (AvgIpc) is 2.87. The van der Waals surface area contributed by atoms with Crippen LogP contribution in [0.1, 0.15) is 35.6 Å². The van der Waals surface area contributed by atoms with Gasteiger partial charge < -0.3 is 9.84 Å². The van der Waals surface area contributed by atoms with E-state index in [1.165, 1.54) is 6.07 Å². The van der Waals surface area contributed by atoms with E-state index in [0.717, 1.165) is 29.9 Å². The van der Waals surface area contributed by atoms with Gasteiger partial charge in [-0.2, -0.15) is 5.10 Å². The number of nitrogens with zero attached hydrogens (tertiary/aromatic N) is 2. The number of carboxylic acid groups (broad SMARTS) is 1. The highest BCUT2D eigenvalue weighted by Gasteiger charge is 2.14. The first-order valence-electron chi connectivity index (χ1n) is 6.76. The van der Waals surface area contributed by atoms with E-state index in [9.17, 15) is 9.18 Å². The molecule has 0 aliphatic carbocycles. The molecule has 2 rings (SSSR count). The van der Waals surface area contributed by atoms with E-state index >= 15 is 0 Å². The average molecular weight is 292 g/mol. The Balaban J connectivity index is 2.21. The summed E-state index contributed by atoms with van der Waals surface area (Å²) in [6.07, 6.45) is 0.806. The summed E-state index contributed by atoms with van der Waals surface area (Å²) in [5.41, 5.74) is 1.71. The van der Waals surface area contributed by atoms with E-state index < -0.39 is 11.8 Å². The lowest BCUT2D eigenvalue weighted by Crippen LogP contribution is -2.08. The molecule has 0 amide bonds. The van der Waals surface area contributed by atoms with Gasteiger partial charge in [0.2, 0.25) is 0 Å². The molecule has 0 atom stereocenters. The molecule has 1 heterocycles. The Hall–Kier alpha value is -2.37. The summed E-state index contributed by atoms with van der Waals surface area (Å²) in [7, 11) is 0. The summed E-state index contributed by atoms with van der Waals surface area (Å²) in [4.78, 5) is 11.1. The molecule has 112 valence electrons. The molecule has 0 unspecified atom stereocenters. The van der Waals surface area contributed by atoms with E-state index in [1.807, 2.05) is 19.9 Å². The third kappa shape index (κ3) is 3.39. The molecule has 0 spiro atoms. The Bertz CT molecular complexity index is 652. The van der Waals surface area contributed by atoms with Crippen LogP contribution in [0.3, 0.4) is 0 Å². The predicted molar refractivity (Wildman–Crippen MR) is 75.0 cm³/mol. The minimum Gasteiger partial charge on any atom is -0.486 e. The Kier molecular flexibility index (Phi) is 4.57. The lowest BCUT2D eigenvalue weighted by atomic mass is 10.2. The van der Waals surface area contributed by atoms with Gasteiger partial charge in [0.15, 0.2) is 0 Å². The van der Waals surface area contributed by atoms with E-state index in [4.69, 9.17) is 9.84 Å². The highest BCUT2D eigenvalue weighted by Crippen LogP contribution is 2.21. The van der Waals surface area contributed by atoms with Crippen molar-refractivity contribution in [1.29, 1.82) is 0 Å². The first kappa shape index (κ1) is 15.0. The van der Waals surface area contributed by atoms with Crippen LogP contribution in [-0.2, 0) is 19.6 Å². The minimum atomic E-state index is -1.15. The molecule has 0 aliphatic heterocycles. The molecule has 0 aliphatic rings. The summed E-state index contributed by atoms with van der Waals surface area (Å²) in [5.74, 6) is -1.67. The number of benzene rings is 1. The van der Waals surface area contributed by atoms with Crippen molar-refractivity contribution in [2.75, 3.05) is 0 Å². The Morgan fingerprint density at radius 1 is 1.38 bits per heavy atom. The number of aromatic nitrogens is 2. The van der Waals surface area contributed by atoms with E-state index in [1.54, 1.807) is 4.68 Å². The fourth-order valence-electron chi connectivity index (χ4n) is 2.02. The molecule has 1 aromatic carbocycles. The van der Waals surface area contributed by atoms with Gasteiger partial charge >= 0.3 is 5.97 Å². The van der Waals surface area contributed by atoms with E-state index in [-0.39, 0.29) is 17.9 Å². The van der Waals surface area contributed by atoms with Crippen LogP contribution in [0.5, 0.6) is 5.75 Å². The van der Waals surface area contributed by atoms with Gasteiger partial charge in [-0.25, -0.2) is 9.18 Å². The number of hydrogen-bond acceptors (Lipinski definition) is 3. The zero-order valence-corrected chi connectivity index (χ0v) is 12.0. The second-order valence-corrected chi connectivity index (χ2v) is 4.53. The number of aryl methyl sites for hydroxylation is 2. The maximum atomic E-state index is 13.3. The third-order valence-corrected chi connectivity index (χ3v) is 3.13. The van der Waals surface area contributed by atoms with E-state index in [0.29, 0.717) is 6.54 Å². The quantitative estimate of drug-likeness (QED) is 0.889. The highest BCUT2D eigenvalue weighted by atomic mass is 19.1. The van der Waals surface area contributed by atoms with Gasteiger partial charge in [-0.3, -0.25) is 4.68 Å². The number of ether oxygens (including phenoxy) is 1. The molecular weight excluding hydrogens is 275 g/mol. The van der Waals surface area contributed by atoms with Crippen LogP contribution in [-0.4, -0.2) is 20.9 Å². The lowest BCUT2D eigenvalue weighted by molar-refractivity contribution is 0.0691. The summed E-state index contributed by atoms with van der Waals surface area (Å²) in [6.45, 7) is 4.79. The number of rotatable bonds is 6. The number of halogens is 1. The number of carbonyl (C=O) groups is 1. The smallest absolute Gasteiger partial charge is 0.339 e. The number of aromatic carboxylic acids is 1. The maximum absolute atomic E-state index is 13.3. The standard InChI is InChI=1S/C15H17FN2O3/c1-3-11-8-12(18(4-2)17-11)9-21-14-7-10(16)5-6-13(14)15(19)20/h5-8H,3-4,9H2,1-2H3,(H,19,20). The number of hydrogen-bond donors (Lipinski definition) is 1. The van der Waals surface area contributed by atoms with Gasteiger partial charge in [0.1, 0.15) is 23.7 Å². The minimum absolute atomic E-state index is 0.0180. The molecule has 1 N–H and O–H groups in total. The van der Waals surface area contributed by atoms with Crippen molar-refractivity contribution in [2.24, 2.45) is 0 Å². The lowest BCUT2D eigenvalue weighted by Gasteiger charge is -2.10. The predicted octanol–water partition coefficient (Wildman–Crippen LogP) is 2.88. The van der Waals surface area contributed by atoms with Gasteiger partial charge in [0.25, 0.3) is 0 Å². The van der Waals surface area contributed by atoms with Gasteiger partial charge in [0, 0.05) is 12.6 Å². The molecule has 0 fully saturated rings. The Labute approximate surface area is 122 Å². The van der Waals surface area contributed by atoms with Crippen molar-refractivity contribution in [1.82, 2.24) is 9.78 Å². The second-order valence-electron chi connectivity index (χ2n) is 4.53. The largest absolute Gasteiger partial charge is 0.486 e. The molecule has 0 saturated carbocycles. The van der Waals surface area contributed by atoms with Gasteiger partial charge in [-0.05, 0) is 31.5 Å². The van der Waals surface area contributed by atoms with Gasteiger partial charge in [-0.15, -0.1) is 0 Å². The van der Waals surface area contributed by atoms with Crippen LogP contribution >= 0.6 is 0 Å². The molecule has 21 heavy (non-hydrogen) atoms. The SMILES string of the molecule is CCc1cc(COc2cc(F)ccc2C(=O)O)n(CC)n1. The normalized spacial score (nSPS) is 10.6. The highest BCUT2D eigenvalue weighted by molar-refractivity contribution is 5.90. The first-order valence-corrected chi connectivity index (χ1v) is 6.76. The van der Waals surface area contributed by atoms with Crippen molar-refractivity contribution in [3.05, 3.63) is 47.0 Å². The number of carboxylic acids is 1. The van der Waals surface area contributed by atoms with Crippen LogP contribution in [0.2, 0.25) is 0 Å². The molecule has 6 heteroatoms. The van der Waals surface area contributed by atoms with Crippen LogP contribution in [0, 0.1) is 5.82 Å². The topological polar surface area (TPSA) is 64.3 Å². The second kappa shape index (κ2) is 6.39. The van der Waals surface area contributed by atoms with Crippen LogP contribution in [0.15, 0.2) is 24.3 Å². The van der Waals surface area contributed by atoms with Crippen molar-refractivity contribution in [2.45, 2.75) is 33.4 Å². The summed E-state index contributed by atoms with van der Waals surface area (Å²) in [6, 6.07) is 5.28. The van der Waals surface area contributed by atoms with Crippen LogP contribution < -0.4 is 4.74 Å². The Morgan fingerprint density at radius 2 is 2.14 bits per heavy atom. The van der Waals surface area contributed by atoms with Crippen molar-refractivity contribution in [3.8, 4) is 5.75 Å². The molecule has 0 bridgehead atoms. The molecule has 0 saturated heterocycles. The van der Waals surface area contributed by atoms with Crippen molar-refractivity contribution in [3.63, 3.8) is 0 Å². The van der Waals surface area contributed by atoms with Crippen molar-refractivity contribution < 1.29 is 19.0 Å². The van der Waals surface area contributed by atoms with Gasteiger partial charge in [0.05, 0.1) is 11.4 Å². The first-order chi connectivity index (χ1) is 10.0. The summed E-state index contributed by atoms with van der Waals surface area (Å²) < 4.78 is 20.5. The fourth-order valence-corrected chi connectivity index (χ4v) is 2.02. The fraction of sp³-hybridized carbons (Fsp3) is 0.333. The van der Waals surface area contributed by atoms with Crippen LogP contribution in [0.25, 0.3) is 0 Å².